The van der Waals surface area contributed by atoms with Crippen molar-refractivity contribution in [3.05, 3.63) is 34.3 Å². The quantitative estimate of drug-likeness (QED) is 0.838. The summed E-state index contributed by atoms with van der Waals surface area (Å²) in [4.78, 5) is 11.6. The Kier molecular flexibility index (Phi) is 5.95. The molecule has 5 nitrogen and oxygen atoms in total. The van der Waals surface area contributed by atoms with Crippen LogP contribution in [0.1, 0.15) is 31.2 Å². The number of carbonyl (C=O) groups excluding carboxylic acids is 1. The van der Waals surface area contributed by atoms with Crippen molar-refractivity contribution in [2.24, 2.45) is 0 Å². The van der Waals surface area contributed by atoms with Crippen molar-refractivity contribution >= 4 is 34.0 Å². The van der Waals surface area contributed by atoms with Gasteiger partial charge < -0.3 is 10.1 Å². The highest BCUT2D eigenvalue weighted by Gasteiger charge is 2.08. The van der Waals surface area contributed by atoms with Crippen LogP contribution in [0.5, 0.6) is 5.75 Å². The average Bonchev–Trinajstić information content (AvgIpc) is 2.92. The Balaban J connectivity index is 1.82. The molecule has 0 aliphatic heterocycles. The van der Waals surface area contributed by atoms with Crippen LogP contribution in [0.3, 0.4) is 0 Å². The van der Waals surface area contributed by atoms with E-state index in [-0.39, 0.29) is 5.91 Å². The van der Waals surface area contributed by atoms with E-state index in [4.69, 9.17) is 16.3 Å². The first-order valence-electron chi connectivity index (χ1n) is 6.68. The van der Waals surface area contributed by atoms with Gasteiger partial charge in [0.2, 0.25) is 11.0 Å². The molecule has 1 aromatic carbocycles. The zero-order chi connectivity index (χ0) is 15.1. The van der Waals surface area contributed by atoms with E-state index in [0.29, 0.717) is 33.9 Å². The molecule has 2 aromatic rings. The Morgan fingerprint density at radius 3 is 2.81 bits per heavy atom. The highest BCUT2D eigenvalue weighted by atomic mass is 35.5. The van der Waals surface area contributed by atoms with Gasteiger partial charge in [-0.25, -0.2) is 0 Å². The van der Waals surface area contributed by atoms with Gasteiger partial charge in [-0.15, -0.1) is 10.2 Å². The van der Waals surface area contributed by atoms with E-state index < -0.39 is 0 Å². The molecule has 0 bridgehead atoms. The van der Waals surface area contributed by atoms with Crippen LogP contribution in [0.25, 0.3) is 0 Å². The number of nitrogens with zero attached hydrogens (tertiary/aromatic N) is 2. The van der Waals surface area contributed by atoms with E-state index in [1.54, 1.807) is 24.3 Å². The van der Waals surface area contributed by atoms with Crippen molar-refractivity contribution in [1.82, 2.24) is 10.2 Å². The van der Waals surface area contributed by atoms with Crippen molar-refractivity contribution in [2.45, 2.75) is 32.8 Å². The summed E-state index contributed by atoms with van der Waals surface area (Å²) >= 11 is 7.11. The Bertz CT molecular complexity index is 586. The zero-order valence-corrected chi connectivity index (χ0v) is 13.2. The van der Waals surface area contributed by atoms with Gasteiger partial charge in [0, 0.05) is 11.4 Å². The van der Waals surface area contributed by atoms with Gasteiger partial charge >= 0.3 is 0 Å². The Morgan fingerprint density at radius 2 is 2.10 bits per heavy atom. The molecule has 21 heavy (non-hydrogen) atoms. The standard InChI is InChI=1S/C14H16ClN3O2S/c1-2-3-4-12(19)16-14-18-17-13(21-14)9-20-11-7-5-10(15)6-8-11/h5-8H,2-4,9H2,1H3,(H,16,18,19). The number of ether oxygens (including phenoxy) is 1. The van der Waals surface area contributed by atoms with Crippen LogP contribution in [0, 0.1) is 0 Å². The molecule has 1 N–H and O–H groups in total. The van der Waals surface area contributed by atoms with Gasteiger partial charge in [0.25, 0.3) is 0 Å². The number of carbonyl (C=O) groups is 1. The largest absolute Gasteiger partial charge is 0.486 e. The number of rotatable bonds is 7. The number of aromatic nitrogens is 2. The Morgan fingerprint density at radius 1 is 1.33 bits per heavy atom. The van der Waals surface area contributed by atoms with Crippen LogP contribution in [-0.4, -0.2) is 16.1 Å². The number of benzene rings is 1. The van der Waals surface area contributed by atoms with Crippen LogP contribution in [0.4, 0.5) is 5.13 Å². The molecular formula is C14H16ClN3O2S. The van der Waals surface area contributed by atoms with E-state index in [0.717, 1.165) is 12.8 Å². The molecule has 0 fully saturated rings. The topological polar surface area (TPSA) is 64.1 Å². The smallest absolute Gasteiger partial charge is 0.226 e. The number of amides is 1. The van der Waals surface area contributed by atoms with Crippen LogP contribution in [0.15, 0.2) is 24.3 Å². The number of unbranched alkanes of at least 4 members (excludes halogenated alkanes) is 1. The number of nitrogens with one attached hydrogen (secondary N) is 1. The fourth-order valence-electron chi connectivity index (χ4n) is 1.56. The molecule has 0 atom stereocenters. The Hall–Kier alpha value is -1.66. The van der Waals surface area contributed by atoms with Crippen molar-refractivity contribution in [3.63, 3.8) is 0 Å². The number of hydrogen-bond donors (Lipinski definition) is 1. The molecule has 0 spiro atoms. The summed E-state index contributed by atoms with van der Waals surface area (Å²) in [5, 5.41) is 12.5. The summed E-state index contributed by atoms with van der Waals surface area (Å²) in [5.74, 6) is 0.682. The fourth-order valence-corrected chi connectivity index (χ4v) is 2.35. The molecule has 0 unspecified atom stereocenters. The van der Waals surface area contributed by atoms with Crippen molar-refractivity contribution < 1.29 is 9.53 Å². The van der Waals surface area contributed by atoms with Gasteiger partial charge in [0.05, 0.1) is 0 Å². The zero-order valence-electron chi connectivity index (χ0n) is 11.6. The third-order valence-corrected chi connectivity index (χ3v) is 3.71. The molecule has 0 aliphatic rings. The van der Waals surface area contributed by atoms with E-state index >= 15 is 0 Å². The molecule has 2 rings (SSSR count). The summed E-state index contributed by atoms with van der Waals surface area (Å²) in [6, 6.07) is 7.10. The third-order valence-electron chi connectivity index (χ3n) is 2.65. The van der Waals surface area contributed by atoms with E-state index in [1.807, 2.05) is 6.92 Å². The summed E-state index contributed by atoms with van der Waals surface area (Å²) < 4.78 is 5.57. The van der Waals surface area contributed by atoms with Gasteiger partial charge in [-0.1, -0.05) is 36.3 Å². The summed E-state index contributed by atoms with van der Waals surface area (Å²) in [7, 11) is 0. The normalized spacial score (nSPS) is 10.4. The summed E-state index contributed by atoms with van der Waals surface area (Å²) in [6.45, 7) is 2.36. The minimum absolute atomic E-state index is 0.0295. The maximum Gasteiger partial charge on any atom is 0.226 e. The van der Waals surface area contributed by atoms with Crippen LogP contribution < -0.4 is 10.1 Å². The second-order valence-electron chi connectivity index (χ2n) is 4.40. The predicted octanol–water partition coefficient (Wildman–Crippen LogP) is 3.90. The minimum Gasteiger partial charge on any atom is -0.486 e. The maximum absolute atomic E-state index is 11.6. The van der Waals surface area contributed by atoms with Gasteiger partial charge in [0.15, 0.2) is 5.01 Å². The first-order chi connectivity index (χ1) is 10.2. The summed E-state index contributed by atoms with van der Waals surface area (Å²) in [6.07, 6.45) is 2.37. The molecule has 0 aliphatic carbocycles. The van der Waals surface area contributed by atoms with Crippen molar-refractivity contribution in [1.29, 1.82) is 0 Å². The highest BCUT2D eigenvalue weighted by molar-refractivity contribution is 7.15. The van der Waals surface area contributed by atoms with Gasteiger partial charge in [-0.2, -0.15) is 0 Å². The highest BCUT2D eigenvalue weighted by Crippen LogP contribution is 2.20. The first kappa shape index (κ1) is 15.7. The molecule has 112 valence electrons. The van der Waals surface area contributed by atoms with Gasteiger partial charge in [-0.05, 0) is 30.7 Å². The lowest BCUT2D eigenvalue weighted by molar-refractivity contribution is -0.116. The molecule has 1 amide bonds. The van der Waals surface area contributed by atoms with Crippen LogP contribution in [0.2, 0.25) is 5.02 Å². The second kappa shape index (κ2) is 7.95. The van der Waals surface area contributed by atoms with E-state index in [2.05, 4.69) is 15.5 Å². The van der Waals surface area contributed by atoms with Crippen LogP contribution in [-0.2, 0) is 11.4 Å². The Labute approximate surface area is 132 Å². The monoisotopic (exact) mass is 325 g/mol. The van der Waals surface area contributed by atoms with Crippen molar-refractivity contribution in [3.8, 4) is 5.75 Å². The minimum atomic E-state index is -0.0295. The maximum atomic E-state index is 11.6. The van der Waals surface area contributed by atoms with Crippen molar-refractivity contribution in [2.75, 3.05) is 5.32 Å². The van der Waals surface area contributed by atoms with Crippen LogP contribution >= 0.6 is 22.9 Å². The lowest BCUT2D eigenvalue weighted by Gasteiger charge is -2.02. The molecule has 0 saturated carbocycles. The number of halogens is 1. The van der Waals surface area contributed by atoms with E-state index in [9.17, 15) is 4.79 Å². The number of anilines is 1. The third kappa shape index (κ3) is 5.32. The summed E-state index contributed by atoms with van der Waals surface area (Å²) in [5.41, 5.74) is 0. The lowest BCUT2D eigenvalue weighted by atomic mass is 10.2. The molecule has 7 heteroatoms. The molecule has 0 saturated heterocycles. The average molecular weight is 326 g/mol. The number of hydrogen-bond acceptors (Lipinski definition) is 5. The molecular weight excluding hydrogens is 310 g/mol. The molecule has 0 radical (unpaired) electrons. The molecule has 1 heterocycles. The SMILES string of the molecule is CCCCC(=O)Nc1nnc(COc2ccc(Cl)cc2)s1. The lowest BCUT2D eigenvalue weighted by Crippen LogP contribution is -2.10. The van der Waals surface area contributed by atoms with Gasteiger partial charge in [0.1, 0.15) is 12.4 Å². The fraction of sp³-hybridized carbons (Fsp3) is 0.357. The van der Waals surface area contributed by atoms with Gasteiger partial charge in [-0.3, -0.25) is 4.79 Å². The predicted molar refractivity (Wildman–Crippen MR) is 83.8 cm³/mol. The first-order valence-corrected chi connectivity index (χ1v) is 7.87. The molecule has 1 aromatic heterocycles. The van der Waals surface area contributed by atoms with E-state index in [1.165, 1.54) is 11.3 Å². The second-order valence-corrected chi connectivity index (χ2v) is 5.89.